The molecule has 0 aliphatic heterocycles. The third kappa shape index (κ3) is 2.71. The van der Waals surface area contributed by atoms with E-state index in [9.17, 15) is 4.79 Å². The van der Waals surface area contributed by atoms with Crippen LogP contribution in [0.25, 0.3) is 10.2 Å². The summed E-state index contributed by atoms with van der Waals surface area (Å²) in [6, 6.07) is 0. The average Bonchev–Trinajstić information content (AvgIpc) is 2.67. The van der Waals surface area contributed by atoms with Gasteiger partial charge in [-0.1, -0.05) is 0 Å². The summed E-state index contributed by atoms with van der Waals surface area (Å²) in [4.78, 5) is 19.0. The molecule has 0 saturated carbocycles. The van der Waals surface area contributed by atoms with E-state index in [0.29, 0.717) is 19.4 Å². The van der Waals surface area contributed by atoms with Crippen LogP contribution < -0.4 is 11.1 Å². The van der Waals surface area contributed by atoms with E-state index in [2.05, 4.69) is 20.7 Å². The van der Waals surface area contributed by atoms with Gasteiger partial charge in [0.2, 0.25) is 5.91 Å². The Balaban J connectivity index is 2.06. The summed E-state index contributed by atoms with van der Waals surface area (Å²) in [5, 5.41) is 5.27. The molecule has 5 nitrogen and oxygen atoms in total. The Morgan fingerprint density at radius 1 is 1.53 bits per heavy atom. The van der Waals surface area contributed by atoms with Crippen molar-refractivity contribution in [3.63, 3.8) is 0 Å². The second kappa shape index (κ2) is 5.09. The topological polar surface area (TPSA) is 80.9 Å². The van der Waals surface area contributed by atoms with Crippen molar-refractivity contribution in [2.24, 2.45) is 5.73 Å². The van der Waals surface area contributed by atoms with Gasteiger partial charge in [0, 0.05) is 13.0 Å². The number of rotatable bonds is 5. The molecule has 3 N–H and O–H groups in total. The molecule has 2 rings (SSSR count). The minimum atomic E-state index is -0.272. The maximum absolute atomic E-state index is 10.6. The van der Waals surface area contributed by atoms with Crippen LogP contribution in [-0.2, 0) is 4.79 Å². The van der Waals surface area contributed by atoms with Crippen molar-refractivity contribution >= 4 is 33.3 Å². The monoisotopic (exact) mass is 250 g/mol. The molecule has 2 heterocycles. The Morgan fingerprint density at radius 2 is 2.35 bits per heavy atom. The minimum absolute atomic E-state index is 0.272. The van der Waals surface area contributed by atoms with Gasteiger partial charge in [0.25, 0.3) is 0 Å². The summed E-state index contributed by atoms with van der Waals surface area (Å²) in [6.45, 7) is 2.72. The Bertz CT molecular complexity index is 537. The van der Waals surface area contributed by atoms with Gasteiger partial charge >= 0.3 is 0 Å². The van der Waals surface area contributed by atoms with Gasteiger partial charge in [0.1, 0.15) is 12.1 Å². The Morgan fingerprint density at radius 3 is 3.12 bits per heavy atom. The second-order valence-corrected chi connectivity index (χ2v) is 4.70. The van der Waals surface area contributed by atoms with E-state index >= 15 is 0 Å². The predicted molar refractivity (Wildman–Crippen MR) is 69.1 cm³/mol. The molecule has 90 valence electrons. The van der Waals surface area contributed by atoms with Crippen molar-refractivity contribution in [1.29, 1.82) is 0 Å². The van der Waals surface area contributed by atoms with Crippen LogP contribution in [0.3, 0.4) is 0 Å². The van der Waals surface area contributed by atoms with Crippen LogP contribution in [0.2, 0.25) is 0 Å². The molecule has 1 amide bonds. The molecular formula is C11H14N4OS. The largest absolute Gasteiger partial charge is 0.370 e. The first-order chi connectivity index (χ1) is 8.18. The lowest BCUT2D eigenvalue weighted by atomic mass is 10.3. The van der Waals surface area contributed by atoms with Crippen LogP contribution >= 0.6 is 11.3 Å². The lowest BCUT2D eigenvalue weighted by Crippen LogP contribution is -2.13. The molecule has 17 heavy (non-hydrogen) atoms. The van der Waals surface area contributed by atoms with E-state index in [-0.39, 0.29) is 5.91 Å². The molecule has 0 bridgehead atoms. The van der Waals surface area contributed by atoms with Gasteiger partial charge in [-0.25, -0.2) is 9.97 Å². The highest BCUT2D eigenvalue weighted by molar-refractivity contribution is 7.18. The molecule has 0 spiro atoms. The number of amides is 1. The maximum Gasteiger partial charge on any atom is 0.217 e. The van der Waals surface area contributed by atoms with Crippen molar-refractivity contribution in [3.8, 4) is 0 Å². The lowest BCUT2D eigenvalue weighted by molar-refractivity contribution is -0.118. The van der Waals surface area contributed by atoms with E-state index in [0.717, 1.165) is 21.6 Å². The summed E-state index contributed by atoms with van der Waals surface area (Å²) in [6.07, 6.45) is 2.66. The van der Waals surface area contributed by atoms with Crippen molar-refractivity contribution in [2.45, 2.75) is 19.8 Å². The fraction of sp³-hybridized carbons (Fsp3) is 0.364. The molecule has 0 fully saturated rings. The normalized spacial score (nSPS) is 10.6. The molecule has 0 unspecified atom stereocenters. The Kier molecular flexibility index (Phi) is 3.53. The van der Waals surface area contributed by atoms with Crippen LogP contribution in [-0.4, -0.2) is 22.4 Å². The van der Waals surface area contributed by atoms with Crippen molar-refractivity contribution in [1.82, 2.24) is 9.97 Å². The first-order valence-corrected chi connectivity index (χ1v) is 6.27. The number of nitrogens with one attached hydrogen (secondary N) is 1. The number of thiophene rings is 1. The minimum Gasteiger partial charge on any atom is -0.370 e. The number of fused-ring (bicyclic) bond motifs is 1. The number of primary amides is 1. The van der Waals surface area contributed by atoms with Gasteiger partial charge in [-0.3, -0.25) is 4.79 Å². The third-order valence-electron chi connectivity index (χ3n) is 2.42. The molecule has 2 aromatic rings. The second-order valence-electron chi connectivity index (χ2n) is 3.82. The molecule has 0 aliphatic carbocycles. The Hall–Kier alpha value is -1.69. The highest BCUT2D eigenvalue weighted by atomic mass is 32.1. The van der Waals surface area contributed by atoms with Gasteiger partial charge < -0.3 is 11.1 Å². The van der Waals surface area contributed by atoms with Crippen LogP contribution in [0.4, 0.5) is 5.82 Å². The fourth-order valence-corrected chi connectivity index (χ4v) is 2.53. The van der Waals surface area contributed by atoms with Gasteiger partial charge in [0.15, 0.2) is 0 Å². The van der Waals surface area contributed by atoms with E-state index in [4.69, 9.17) is 5.73 Å². The van der Waals surface area contributed by atoms with Gasteiger partial charge in [0.05, 0.1) is 10.2 Å². The Labute approximate surface area is 103 Å². The number of aryl methyl sites for hydroxylation is 1. The summed E-state index contributed by atoms with van der Waals surface area (Å²) in [7, 11) is 0. The summed E-state index contributed by atoms with van der Waals surface area (Å²) in [5.41, 5.74) is 7.22. The molecule has 6 heteroatoms. The first-order valence-electron chi connectivity index (χ1n) is 5.39. The molecule has 0 radical (unpaired) electrons. The van der Waals surface area contributed by atoms with Crippen LogP contribution in [0.1, 0.15) is 18.4 Å². The SMILES string of the molecule is Cc1csc2c(NCCCC(N)=O)ncnc12. The highest BCUT2D eigenvalue weighted by Crippen LogP contribution is 2.28. The van der Waals surface area contributed by atoms with Gasteiger partial charge in [-0.2, -0.15) is 0 Å². The molecule has 0 aromatic carbocycles. The first kappa shape index (κ1) is 11.8. The van der Waals surface area contributed by atoms with Gasteiger partial charge in [-0.15, -0.1) is 11.3 Å². The number of hydrogen-bond donors (Lipinski definition) is 2. The van der Waals surface area contributed by atoms with E-state index in [1.165, 1.54) is 0 Å². The van der Waals surface area contributed by atoms with E-state index < -0.39 is 0 Å². The quantitative estimate of drug-likeness (QED) is 0.791. The smallest absolute Gasteiger partial charge is 0.217 e. The number of hydrogen-bond acceptors (Lipinski definition) is 5. The molecule has 0 saturated heterocycles. The number of nitrogens with two attached hydrogens (primary N) is 1. The van der Waals surface area contributed by atoms with Crippen LogP contribution in [0.5, 0.6) is 0 Å². The number of carbonyl (C=O) groups is 1. The number of nitrogens with zero attached hydrogens (tertiary/aromatic N) is 2. The fourth-order valence-electron chi connectivity index (χ4n) is 1.56. The van der Waals surface area contributed by atoms with Crippen LogP contribution in [0, 0.1) is 6.92 Å². The highest BCUT2D eigenvalue weighted by Gasteiger charge is 2.07. The van der Waals surface area contributed by atoms with Crippen molar-refractivity contribution in [3.05, 3.63) is 17.3 Å². The zero-order chi connectivity index (χ0) is 12.3. The predicted octanol–water partition coefficient (Wildman–Crippen LogP) is 1.68. The summed E-state index contributed by atoms with van der Waals surface area (Å²) in [5.74, 6) is 0.559. The van der Waals surface area contributed by atoms with E-state index in [1.54, 1.807) is 17.7 Å². The average molecular weight is 250 g/mol. The molecule has 0 atom stereocenters. The lowest BCUT2D eigenvalue weighted by Gasteiger charge is -2.05. The molecule has 2 aromatic heterocycles. The number of carbonyl (C=O) groups excluding carboxylic acids is 1. The third-order valence-corrected chi connectivity index (χ3v) is 3.52. The van der Waals surface area contributed by atoms with Crippen LogP contribution in [0.15, 0.2) is 11.7 Å². The number of aromatic nitrogens is 2. The van der Waals surface area contributed by atoms with E-state index in [1.807, 2.05) is 6.92 Å². The standard InChI is InChI=1S/C11H14N4OS/c1-7-5-17-10-9(7)14-6-15-11(10)13-4-2-3-8(12)16/h5-6H,2-4H2,1H3,(H2,12,16)(H,13,14,15). The maximum atomic E-state index is 10.6. The van der Waals surface area contributed by atoms with Crippen molar-refractivity contribution in [2.75, 3.05) is 11.9 Å². The van der Waals surface area contributed by atoms with Gasteiger partial charge in [-0.05, 0) is 24.3 Å². The zero-order valence-corrected chi connectivity index (χ0v) is 10.4. The van der Waals surface area contributed by atoms with Crippen molar-refractivity contribution < 1.29 is 4.79 Å². The molecule has 0 aliphatic rings. The zero-order valence-electron chi connectivity index (χ0n) is 9.56. The number of anilines is 1. The molecular weight excluding hydrogens is 236 g/mol. The summed E-state index contributed by atoms with van der Waals surface area (Å²) < 4.78 is 1.06. The summed E-state index contributed by atoms with van der Waals surface area (Å²) >= 11 is 1.63.